The van der Waals surface area contributed by atoms with Crippen molar-refractivity contribution >= 4 is 22.6 Å². The van der Waals surface area contributed by atoms with Crippen molar-refractivity contribution in [2.45, 2.75) is 12.0 Å². The Kier molecular flexibility index (Phi) is 4.36. The lowest BCUT2D eigenvalue weighted by Gasteiger charge is -2.32. The van der Waals surface area contributed by atoms with E-state index in [-0.39, 0.29) is 0 Å². The molecule has 1 fully saturated rings. The van der Waals surface area contributed by atoms with Gasteiger partial charge in [0.1, 0.15) is 5.75 Å². The number of amidine groups is 1. The Morgan fingerprint density at radius 1 is 1.12 bits per heavy atom. The Labute approximate surface area is 151 Å². The lowest BCUT2D eigenvalue weighted by Crippen LogP contribution is -2.50. The van der Waals surface area contributed by atoms with E-state index in [0.717, 1.165) is 46.5 Å². The molecule has 128 valence electrons. The van der Waals surface area contributed by atoms with E-state index in [4.69, 9.17) is 9.73 Å². The summed E-state index contributed by atoms with van der Waals surface area (Å²) in [5.74, 6) is 1.89. The normalized spacial score (nSPS) is 23.0. The SMILES string of the molecule is COc1ccc(C2=[N+]3CCCSC3=NCC2(O)c2ccccc2)cc1. The van der Waals surface area contributed by atoms with Crippen LogP contribution in [0.25, 0.3) is 0 Å². The van der Waals surface area contributed by atoms with E-state index < -0.39 is 5.60 Å². The lowest BCUT2D eigenvalue weighted by atomic mass is 9.84. The summed E-state index contributed by atoms with van der Waals surface area (Å²) in [6.07, 6.45) is 1.08. The summed E-state index contributed by atoms with van der Waals surface area (Å²) in [6.45, 7) is 1.22. The molecule has 2 heterocycles. The van der Waals surface area contributed by atoms with Crippen LogP contribution in [0.3, 0.4) is 0 Å². The molecule has 0 bridgehead atoms. The number of ether oxygens (including phenoxy) is 1. The zero-order chi connectivity index (χ0) is 17.3. The van der Waals surface area contributed by atoms with Gasteiger partial charge in [-0.25, -0.2) is 4.58 Å². The zero-order valence-electron chi connectivity index (χ0n) is 14.2. The predicted octanol–water partition coefficient (Wildman–Crippen LogP) is 2.89. The molecule has 2 aliphatic rings. The molecule has 2 aromatic carbocycles. The van der Waals surface area contributed by atoms with Crippen LogP contribution in [0.2, 0.25) is 0 Å². The van der Waals surface area contributed by atoms with Crippen molar-refractivity contribution < 1.29 is 14.4 Å². The average Bonchev–Trinajstić information content (AvgIpc) is 2.69. The highest BCUT2D eigenvalue weighted by Crippen LogP contribution is 2.33. The minimum atomic E-state index is -1.13. The fourth-order valence-electron chi connectivity index (χ4n) is 3.46. The Balaban J connectivity index is 1.90. The van der Waals surface area contributed by atoms with Crippen molar-refractivity contribution in [1.29, 1.82) is 0 Å². The minimum Gasteiger partial charge on any atom is -0.497 e. The van der Waals surface area contributed by atoms with E-state index in [2.05, 4.69) is 4.58 Å². The summed E-state index contributed by atoms with van der Waals surface area (Å²) < 4.78 is 7.47. The largest absolute Gasteiger partial charge is 0.497 e. The van der Waals surface area contributed by atoms with Crippen molar-refractivity contribution in [3.8, 4) is 5.75 Å². The fraction of sp³-hybridized carbons (Fsp3) is 0.300. The first-order chi connectivity index (χ1) is 12.2. The molecule has 0 aromatic heterocycles. The van der Waals surface area contributed by atoms with Gasteiger partial charge < -0.3 is 9.84 Å². The van der Waals surface area contributed by atoms with Gasteiger partial charge in [0.2, 0.25) is 0 Å². The van der Waals surface area contributed by atoms with Crippen LogP contribution in [-0.4, -0.2) is 46.5 Å². The number of methoxy groups -OCH3 is 1. The highest BCUT2D eigenvalue weighted by atomic mass is 32.2. The van der Waals surface area contributed by atoms with Crippen LogP contribution in [0.4, 0.5) is 0 Å². The molecular formula is C20H21N2O2S+. The van der Waals surface area contributed by atoms with Crippen LogP contribution in [0.5, 0.6) is 5.75 Å². The van der Waals surface area contributed by atoms with Crippen molar-refractivity contribution in [2.24, 2.45) is 4.99 Å². The number of fused-ring (bicyclic) bond motifs is 1. The van der Waals surface area contributed by atoms with Crippen molar-refractivity contribution in [3.05, 3.63) is 65.7 Å². The number of aliphatic imine (C=N–C) groups is 1. The minimum absolute atomic E-state index is 0.344. The maximum atomic E-state index is 11.7. The zero-order valence-corrected chi connectivity index (χ0v) is 15.0. The van der Waals surface area contributed by atoms with E-state index in [0.29, 0.717) is 6.54 Å². The first-order valence-electron chi connectivity index (χ1n) is 8.47. The topological polar surface area (TPSA) is 44.8 Å². The Morgan fingerprint density at radius 2 is 1.88 bits per heavy atom. The number of rotatable bonds is 3. The molecule has 1 atom stereocenters. The number of aliphatic hydroxyl groups is 1. The van der Waals surface area contributed by atoms with E-state index in [1.165, 1.54) is 0 Å². The second-order valence-corrected chi connectivity index (χ2v) is 7.32. The van der Waals surface area contributed by atoms with Gasteiger partial charge in [-0.3, -0.25) is 0 Å². The van der Waals surface area contributed by atoms with Crippen LogP contribution in [0.1, 0.15) is 17.5 Å². The summed E-state index contributed by atoms with van der Waals surface area (Å²) >= 11 is 1.77. The van der Waals surface area contributed by atoms with E-state index in [9.17, 15) is 5.11 Å². The highest BCUT2D eigenvalue weighted by molar-refractivity contribution is 8.13. The molecule has 0 saturated carbocycles. The number of benzene rings is 2. The van der Waals surface area contributed by atoms with Gasteiger partial charge in [0, 0.05) is 11.3 Å². The molecule has 0 amide bonds. The Bertz CT molecular complexity index is 831. The van der Waals surface area contributed by atoms with Gasteiger partial charge in [-0.2, -0.15) is 0 Å². The maximum absolute atomic E-state index is 11.7. The summed E-state index contributed by atoms with van der Waals surface area (Å²) in [4.78, 5) is 4.70. The second kappa shape index (κ2) is 6.65. The third-order valence-electron chi connectivity index (χ3n) is 4.71. The summed E-state index contributed by atoms with van der Waals surface area (Å²) in [6, 6.07) is 17.8. The monoisotopic (exact) mass is 353 g/mol. The Morgan fingerprint density at radius 3 is 2.60 bits per heavy atom. The number of thioether (sulfide) groups is 1. The highest BCUT2D eigenvalue weighted by Gasteiger charge is 2.47. The molecule has 2 aliphatic heterocycles. The Hall–Kier alpha value is -2.11. The predicted molar refractivity (Wildman–Crippen MR) is 102 cm³/mol. The summed E-state index contributed by atoms with van der Waals surface area (Å²) in [5.41, 5.74) is 1.66. The van der Waals surface area contributed by atoms with Crippen LogP contribution in [0, 0.1) is 0 Å². The van der Waals surface area contributed by atoms with Crippen LogP contribution >= 0.6 is 11.8 Å². The van der Waals surface area contributed by atoms with Gasteiger partial charge in [-0.1, -0.05) is 35.3 Å². The van der Waals surface area contributed by atoms with Crippen molar-refractivity contribution in [3.63, 3.8) is 0 Å². The molecule has 0 aliphatic carbocycles. The fourth-order valence-corrected chi connectivity index (χ4v) is 4.41. The molecule has 5 heteroatoms. The summed E-state index contributed by atoms with van der Waals surface area (Å²) in [5, 5.41) is 12.7. The summed E-state index contributed by atoms with van der Waals surface area (Å²) in [7, 11) is 1.66. The van der Waals surface area contributed by atoms with Crippen LogP contribution < -0.4 is 4.74 Å². The number of hydrogen-bond donors (Lipinski definition) is 1. The van der Waals surface area contributed by atoms with E-state index in [1.54, 1.807) is 18.9 Å². The van der Waals surface area contributed by atoms with Crippen LogP contribution in [0.15, 0.2) is 59.6 Å². The molecule has 1 saturated heterocycles. The van der Waals surface area contributed by atoms with Gasteiger partial charge in [0.25, 0.3) is 0 Å². The molecule has 4 rings (SSSR count). The number of hydrogen-bond acceptors (Lipinski definition) is 4. The molecule has 1 N–H and O–H groups in total. The standard InChI is InChI=1S/C20H21N2O2S/c1-24-17-10-8-15(9-11-17)18-20(23,16-6-3-2-4-7-16)14-21-19-22(18)12-5-13-25-19/h2-4,6-11,23H,5,12-14H2,1H3/q+1. The molecule has 0 radical (unpaired) electrons. The second-order valence-electron chi connectivity index (χ2n) is 6.26. The molecule has 25 heavy (non-hydrogen) atoms. The van der Waals surface area contributed by atoms with Gasteiger partial charge in [0.05, 0.1) is 13.7 Å². The quantitative estimate of drug-likeness (QED) is 0.863. The smallest absolute Gasteiger partial charge is 0.354 e. The van der Waals surface area contributed by atoms with Crippen molar-refractivity contribution in [1.82, 2.24) is 0 Å². The number of nitrogens with zero attached hydrogens (tertiary/aromatic N) is 2. The van der Waals surface area contributed by atoms with Gasteiger partial charge in [-0.15, -0.1) is 0 Å². The first kappa shape index (κ1) is 16.4. The third kappa shape index (κ3) is 2.87. The first-order valence-corrected chi connectivity index (χ1v) is 9.45. The van der Waals surface area contributed by atoms with Gasteiger partial charge in [-0.05, 0) is 48.0 Å². The van der Waals surface area contributed by atoms with Gasteiger partial charge in [0.15, 0.2) is 17.9 Å². The molecular weight excluding hydrogens is 332 g/mol. The molecule has 0 spiro atoms. The van der Waals surface area contributed by atoms with E-state index >= 15 is 0 Å². The molecule has 2 aromatic rings. The third-order valence-corrected chi connectivity index (χ3v) is 5.81. The average molecular weight is 353 g/mol. The molecule has 4 nitrogen and oxygen atoms in total. The van der Waals surface area contributed by atoms with Crippen LogP contribution in [-0.2, 0) is 5.60 Å². The van der Waals surface area contributed by atoms with Gasteiger partial charge >= 0.3 is 5.17 Å². The van der Waals surface area contributed by atoms with Crippen molar-refractivity contribution in [2.75, 3.05) is 26.0 Å². The van der Waals surface area contributed by atoms with E-state index in [1.807, 2.05) is 54.6 Å². The lowest BCUT2D eigenvalue weighted by molar-refractivity contribution is -0.413. The maximum Gasteiger partial charge on any atom is 0.354 e. The molecule has 1 unspecified atom stereocenters.